The SMILES string of the molecule is CCCO.Cn1nc(-c2ccccc2)c2c(Cl)c(-c3ccccc3)nnc21. The number of aromatic nitrogens is 4. The van der Waals surface area contributed by atoms with Gasteiger partial charge in [-0.1, -0.05) is 79.2 Å². The predicted octanol–water partition coefficient (Wildman–Crippen LogP) is 4.74. The fraction of sp³-hybridized carbons (Fsp3) is 0.190. The van der Waals surface area contributed by atoms with Gasteiger partial charge in [0.2, 0.25) is 0 Å². The molecule has 6 heteroatoms. The highest BCUT2D eigenvalue weighted by Crippen LogP contribution is 2.36. The minimum atomic E-state index is 0.319. The molecular formula is C21H21ClN4O. The fourth-order valence-corrected chi connectivity index (χ4v) is 2.99. The van der Waals surface area contributed by atoms with Crippen LogP contribution in [0, 0.1) is 0 Å². The topological polar surface area (TPSA) is 63.8 Å². The molecule has 0 aliphatic carbocycles. The number of nitrogens with zero attached hydrogens (tertiary/aromatic N) is 4. The molecule has 0 aliphatic rings. The van der Waals surface area contributed by atoms with Crippen molar-refractivity contribution in [2.75, 3.05) is 6.61 Å². The van der Waals surface area contributed by atoms with Gasteiger partial charge < -0.3 is 5.11 Å². The molecular weight excluding hydrogens is 360 g/mol. The number of aliphatic hydroxyl groups excluding tert-OH is 1. The third kappa shape index (κ3) is 3.99. The standard InChI is InChI=1S/C18H13ClN4.C3H8O/c1-23-18-14(16(22-23)12-8-4-2-5-9-12)15(19)17(20-21-18)13-10-6-3-7-11-13;1-2-3-4/h2-11H,1H3;4H,2-3H2,1H3. The Morgan fingerprint density at radius 1 is 0.889 bits per heavy atom. The lowest BCUT2D eigenvalue weighted by Crippen LogP contribution is -1.95. The molecule has 4 aromatic rings. The van der Waals surface area contributed by atoms with Crippen LogP contribution in [0.4, 0.5) is 0 Å². The van der Waals surface area contributed by atoms with E-state index in [0.717, 1.165) is 28.6 Å². The van der Waals surface area contributed by atoms with Crippen molar-refractivity contribution in [2.45, 2.75) is 13.3 Å². The van der Waals surface area contributed by atoms with Crippen molar-refractivity contribution < 1.29 is 5.11 Å². The smallest absolute Gasteiger partial charge is 0.182 e. The first kappa shape index (κ1) is 19.0. The Bertz CT molecular complexity index is 1010. The molecule has 0 amide bonds. The van der Waals surface area contributed by atoms with Crippen molar-refractivity contribution in [3.63, 3.8) is 0 Å². The van der Waals surface area contributed by atoms with Gasteiger partial charge in [0.05, 0.1) is 10.4 Å². The summed E-state index contributed by atoms with van der Waals surface area (Å²) in [5, 5.41) is 22.5. The van der Waals surface area contributed by atoms with Gasteiger partial charge in [0.1, 0.15) is 11.4 Å². The average Bonchev–Trinajstić information content (AvgIpc) is 3.07. The molecule has 0 saturated heterocycles. The number of hydrogen-bond acceptors (Lipinski definition) is 4. The van der Waals surface area contributed by atoms with Crippen LogP contribution in [0.3, 0.4) is 0 Å². The summed E-state index contributed by atoms with van der Waals surface area (Å²) < 4.78 is 1.71. The lowest BCUT2D eigenvalue weighted by molar-refractivity contribution is 0.295. The summed E-state index contributed by atoms with van der Waals surface area (Å²) in [4.78, 5) is 0. The highest BCUT2D eigenvalue weighted by atomic mass is 35.5. The molecule has 0 atom stereocenters. The molecule has 0 radical (unpaired) electrons. The van der Waals surface area contributed by atoms with Crippen LogP contribution in [0.5, 0.6) is 0 Å². The van der Waals surface area contributed by atoms with Gasteiger partial charge in [0.15, 0.2) is 5.65 Å². The quantitative estimate of drug-likeness (QED) is 0.557. The number of benzene rings is 2. The zero-order valence-electron chi connectivity index (χ0n) is 15.3. The lowest BCUT2D eigenvalue weighted by Gasteiger charge is -2.05. The average molecular weight is 381 g/mol. The van der Waals surface area contributed by atoms with E-state index in [1.54, 1.807) is 4.68 Å². The van der Waals surface area contributed by atoms with E-state index in [4.69, 9.17) is 16.7 Å². The molecule has 0 saturated carbocycles. The maximum Gasteiger partial charge on any atom is 0.182 e. The number of aliphatic hydroxyl groups is 1. The summed E-state index contributed by atoms with van der Waals surface area (Å²) in [6.07, 6.45) is 0.875. The molecule has 138 valence electrons. The highest BCUT2D eigenvalue weighted by Gasteiger charge is 2.19. The van der Waals surface area contributed by atoms with Crippen LogP contribution in [-0.2, 0) is 7.05 Å². The zero-order chi connectivity index (χ0) is 19.2. The molecule has 0 unspecified atom stereocenters. The van der Waals surface area contributed by atoms with E-state index < -0.39 is 0 Å². The minimum Gasteiger partial charge on any atom is -0.396 e. The van der Waals surface area contributed by atoms with Gasteiger partial charge in [-0.25, -0.2) is 4.68 Å². The maximum atomic E-state index is 7.88. The first-order valence-electron chi connectivity index (χ1n) is 8.78. The molecule has 5 nitrogen and oxygen atoms in total. The Morgan fingerprint density at radius 2 is 1.41 bits per heavy atom. The second-order valence-corrected chi connectivity index (χ2v) is 6.37. The molecule has 27 heavy (non-hydrogen) atoms. The lowest BCUT2D eigenvalue weighted by atomic mass is 10.1. The molecule has 4 rings (SSSR count). The van der Waals surface area contributed by atoms with E-state index in [0.29, 0.717) is 23.0 Å². The molecule has 2 heterocycles. The zero-order valence-corrected chi connectivity index (χ0v) is 16.1. The normalized spacial score (nSPS) is 10.5. The molecule has 2 aromatic heterocycles. The van der Waals surface area contributed by atoms with E-state index in [1.807, 2.05) is 74.6 Å². The van der Waals surface area contributed by atoms with Gasteiger partial charge in [-0.2, -0.15) is 5.10 Å². The van der Waals surface area contributed by atoms with Crippen LogP contribution < -0.4 is 0 Å². The Balaban J connectivity index is 0.000000481. The second-order valence-electron chi connectivity index (χ2n) is 5.99. The highest BCUT2D eigenvalue weighted by molar-refractivity contribution is 6.38. The third-order valence-corrected chi connectivity index (χ3v) is 4.38. The van der Waals surface area contributed by atoms with E-state index in [2.05, 4.69) is 15.3 Å². The van der Waals surface area contributed by atoms with Gasteiger partial charge in [0.25, 0.3) is 0 Å². The van der Waals surface area contributed by atoms with Crippen LogP contribution in [0.1, 0.15) is 13.3 Å². The Morgan fingerprint density at radius 3 is 1.93 bits per heavy atom. The summed E-state index contributed by atoms with van der Waals surface area (Å²) in [5.74, 6) is 0. The van der Waals surface area contributed by atoms with E-state index in [1.165, 1.54) is 0 Å². The van der Waals surface area contributed by atoms with E-state index in [9.17, 15) is 0 Å². The van der Waals surface area contributed by atoms with Crippen molar-refractivity contribution in [1.82, 2.24) is 20.0 Å². The number of halogens is 1. The first-order valence-corrected chi connectivity index (χ1v) is 9.15. The van der Waals surface area contributed by atoms with Crippen molar-refractivity contribution in [2.24, 2.45) is 7.05 Å². The summed E-state index contributed by atoms with van der Waals surface area (Å²) in [7, 11) is 1.85. The molecule has 0 aliphatic heterocycles. The molecule has 2 aromatic carbocycles. The van der Waals surface area contributed by atoms with Crippen molar-refractivity contribution in [1.29, 1.82) is 0 Å². The van der Waals surface area contributed by atoms with Gasteiger partial charge >= 0.3 is 0 Å². The van der Waals surface area contributed by atoms with Crippen molar-refractivity contribution >= 4 is 22.6 Å². The maximum absolute atomic E-state index is 7.88. The van der Waals surface area contributed by atoms with E-state index >= 15 is 0 Å². The number of rotatable bonds is 3. The number of hydrogen-bond donors (Lipinski definition) is 1. The largest absolute Gasteiger partial charge is 0.396 e. The second kappa shape index (κ2) is 8.75. The molecule has 0 bridgehead atoms. The summed E-state index contributed by atoms with van der Waals surface area (Å²) >= 11 is 6.69. The van der Waals surface area contributed by atoms with Crippen molar-refractivity contribution in [3.05, 3.63) is 65.7 Å². The van der Waals surface area contributed by atoms with Crippen LogP contribution in [0.2, 0.25) is 5.02 Å². The van der Waals surface area contributed by atoms with Crippen LogP contribution >= 0.6 is 11.6 Å². The molecule has 1 N–H and O–H groups in total. The van der Waals surface area contributed by atoms with Gasteiger partial charge in [-0.15, -0.1) is 10.2 Å². The summed E-state index contributed by atoms with van der Waals surface area (Å²) in [5.41, 5.74) is 4.11. The Hall–Kier alpha value is -2.76. The fourth-order valence-electron chi connectivity index (χ4n) is 2.67. The summed E-state index contributed by atoms with van der Waals surface area (Å²) in [6, 6.07) is 19.8. The van der Waals surface area contributed by atoms with Crippen LogP contribution in [0.15, 0.2) is 60.7 Å². The van der Waals surface area contributed by atoms with Gasteiger partial charge in [0, 0.05) is 24.8 Å². The third-order valence-electron chi connectivity index (χ3n) is 4.01. The molecule has 0 fully saturated rings. The number of aryl methyl sites for hydroxylation is 1. The monoisotopic (exact) mass is 380 g/mol. The molecule has 0 spiro atoms. The van der Waals surface area contributed by atoms with Crippen LogP contribution in [-0.4, -0.2) is 31.7 Å². The number of fused-ring (bicyclic) bond motifs is 1. The Labute approximate surface area is 163 Å². The predicted molar refractivity (Wildman–Crippen MR) is 110 cm³/mol. The first-order chi connectivity index (χ1) is 13.2. The Kier molecular flexibility index (Phi) is 6.16. The van der Waals surface area contributed by atoms with Gasteiger partial charge in [-0.05, 0) is 6.42 Å². The van der Waals surface area contributed by atoms with Crippen LogP contribution in [0.25, 0.3) is 33.5 Å². The van der Waals surface area contributed by atoms with Gasteiger partial charge in [-0.3, -0.25) is 0 Å². The summed E-state index contributed by atoms with van der Waals surface area (Å²) in [6.45, 7) is 2.25. The minimum absolute atomic E-state index is 0.319. The van der Waals surface area contributed by atoms with E-state index in [-0.39, 0.29) is 0 Å². The van der Waals surface area contributed by atoms with Crippen molar-refractivity contribution in [3.8, 4) is 22.5 Å².